The van der Waals surface area contributed by atoms with Crippen LogP contribution in [0.5, 0.6) is 0 Å². The quantitative estimate of drug-likeness (QED) is 0.652. The van der Waals surface area contributed by atoms with Crippen LogP contribution < -0.4 is 0 Å². The van der Waals surface area contributed by atoms with E-state index in [9.17, 15) is 0 Å². The first kappa shape index (κ1) is 13.8. The van der Waals surface area contributed by atoms with E-state index in [0.29, 0.717) is 11.8 Å². The van der Waals surface area contributed by atoms with Crippen molar-refractivity contribution in [1.82, 2.24) is 0 Å². The molecule has 0 saturated carbocycles. The number of thiol groups is 1. The van der Waals surface area contributed by atoms with Gasteiger partial charge in [-0.25, -0.2) is 0 Å². The van der Waals surface area contributed by atoms with Gasteiger partial charge >= 0.3 is 0 Å². The van der Waals surface area contributed by atoms with Gasteiger partial charge in [0.25, 0.3) is 0 Å². The van der Waals surface area contributed by atoms with Crippen molar-refractivity contribution >= 4 is 12.6 Å². The molecule has 0 heterocycles. The molecule has 0 radical (unpaired) electrons. The van der Waals surface area contributed by atoms with Crippen molar-refractivity contribution in [1.29, 1.82) is 0 Å². The Hall–Kier alpha value is -1.21. The van der Waals surface area contributed by atoms with E-state index in [0.717, 1.165) is 4.90 Å². The molecule has 0 aromatic heterocycles. The zero-order valence-corrected chi connectivity index (χ0v) is 13.6. The molecule has 1 heteroatoms. The highest BCUT2D eigenvalue weighted by molar-refractivity contribution is 7.80. The van der Waals surface area contributed by atoms with Crippen molar-refractivity contribution in [2.24, 2.45) is 0 Å². The van der Waals surface area contributed by atoms with E-state index in [2.05, 4.69) is 70.7 Å². The van der Waals surface area contributed by atoms with Crippen molar-refractivity contribution in [3.63, 3.8) is 0 Å². The zero-order valence-electron chi connectivity index (χ0n) is 12.7. The van der Waals surface area contributed by atoms with Gasteiger partial charge in [-0.1, -0.05) is 36.8 Å². The van der Waals surface area contributed by atoms with E-state index in [4.69, 9.17) is 0 Å². The topological polar surface area (TPSA) is 0 Å². The van der Waals surface area contributed by atoms with Gasteiger partial charge in [0.2, 0.25) is 0 Å². The highest BCUT2D eigenvalue weighted by atomic mass is 32.1. The number of hydrogen-bond acceptors (Lipinski definition) is 1. The lowest BCUT2D eigenvalue weighted by molar-refractivity contribution is 0.679. The Morgan fingerprint density at radius 2 is 1.75 bits per heavy atom. The van der Waals surface area contributed by atoms with Crippen molar-refractivity contribution in [3.05, 3.63) is 63.7 Å². The van der Waals surface area contributed by atoms with Gasteiger partial charge in [-0.3, -0.25) is 0 Å². The maximum atomic E-state index is 4.62. The molecule has 2 unspecified atom stereocenters. The summed E-state index contributed by atoms with van der Waals surface area (Å²) in [5.41, 5.74) is 8.66. The van der Waals surface area contributed by atoms with Gasteiger partial charge < -0.3 is 0 Å². The van der Waals surface area contributed by atoms with Crippen molar-refractivity contribution in [2.75, 3.05) is 0 Å². The van der Waals surface area contributed by atoms with Crippen LogP contribution in [0.15, 0.2) is 35.2 Å². The molecular formula is C19H22S. The van der Waals surface area contributed by atoms with Crippen molar-refractivity contribution in [2.45, 2.75) is 50.8 Å². The summed E-state index contributed by atoms with van der Waals surface area (Å²) < 4.78 is 0. The van der Waals surface area contributed by atoms with Crippen molar-refractivity contribution in [3.8, 4) is 0 Å². The lowest BCUT2D eigenvalue weighted by Crippen LogP contribution is -2.03. The maximum absolute atomic E-state index is 4.62. The third-order valence-electron chi connectivity index (χ3n) is 4.79. The molecule has 0 amide bonds. The fourth-order valence-corrected chi connectivity index (χ4v) is 3.90. The lowest BCUT2D eigenvalue weighted by Gasteiger charge is -2.19. The highest BCUT2D eigenvalue weighted by Gasteiger charge is 2.31. The van der Waals surface area contributed by atoms with E-state index in [1.807, 2.05) is 0 Å². The summed E-state index contributed by atoms with van der Waals surface area (Å²) in [5, 5.41) is 0. The fourth-order valence-electron chi connectivity index (χ4n) is 3.71. The van der Waals surface area contributed by atoms with Crippen LogP contribution in [0, 0.1) is 20.8 Å². The van der Waals surface area contributed by atoms with E-state index in [1.165, 1.54) is 34.2 Å². The summed E-state index contributed by atoms with van der Waals surface area (Å²) in [6.07, 6.45) is 1.22. The second-order valence-corrected chi connectivity index (χ2v) is 6.74. The molecule has 1 aliphatic carbocycles. The van der Waals surface area contributed by atoms with Gasteiger partial charge in [-0.15, -0.1) is 12.6 Å². The molecule has 2 aromatic carbocycles. The van der Waals surface area contributed by atoms with Crippen LogP contribution in [0.1, 0.15) is 58.6 Å². The number of rotatable bonds is 1. The third kappa shape index (κ3) is 2.09. The van der Waals surface area contributed by atoms with Gasteiger partial charge in [0.1, 0.15) is 0 Å². The Morgan fingerprint density at radius 3 is 2.50 bits per heavy atom. The summed E-state index contributed by atoms with van der Waals surface area (Å²) in [7, 11) is 0. The number of aryl methyl sites for hydroxylation is 2. The molecule has 104 valence electrons. The number of fused-ring (bicyclic) bond motifs is 1. The zero-order chi connectivity index (χ0) is 14.4. The Kier molecular flexibility index (Phi) is 3.41. The highest BCUT2D eigenvalue weighted by Crippen LogP contribution is 2.47. The maximum Gasteiger partial charge on any atom is 0.0103 e. The smallest absolute Gasteiger partial charge is 0.0103 e. The Bertz CT molecular complexity index is 670. The predicted molar refractivity (Wildman–Crippen MR) is 89.2 cm³/mol. The van der Waals surface area contributed by atoms with Gasteiger partial charge in [-0.05, 0) is 67.0 Å². The van der Waals surface area contributed by atoms with E-state index in [-0.39, 0.29) is 0 Å². The molecule has 0 N–H and O–H groups in total. The molecule has 2 aromatic rings. The molecule has 3 rings (SSSR count). The minimum atomic E-state index is 0.535. The molecular weight excluding hydrogens is 260 g/mol. The third-order valence-corrected chi connectivity index (χ3v) is 5.28. The second-order valence-electron chi connectivity index (χ2n) is 6.26. The van der Waals surface area contributed by atoms with Crippen LogP contribution in [-0.2, 0) is 0 Å². The van der Waals surface area contributed by atoms with Gasteiger partial charge in [-0.2, -0.15) is 0 Å². The molecule has 0 aliphatic heterocycles. The monoisotopic (exact) mass is 282 g/mol. The number of benzene rings is 2. The summed E-state index contributed by atoms with van der Waals surface area (Å²) in [6, 6.07) is 11.3. The summed E-state index contributed by atoms with van der Waals surface area (Å²) in [5.74, 6) is 1.19. The summed E-state index contributed by atoms with van der Waals surface area (Å²) in [6.45, 7) is 8.98. The first-order chi connectivity index (χ1) is 9.49. The standard InChI is InChI=1S/C19H22S/c1-11-5-7-15-16(9-11)13(3)10-17(15)19-12(2)6-8-18(20)14(19)4/h5-9,13,17,20H,10H2,1-4H3. The van der Waals surface area contributed by atoms with Crippen LogP contribution in [0.2, 0.25) is 0 Å². The van der Waals surface area contributed by atoms with Crippen LogP contribution in [0.3, 0.4) is 0 Å². The largest absolute Gasteiger partial charge is 0.143 e. The van der Waals surface area contributed by atoms with Crippen LogP contribution >= 0.6 is 12.6 Å². The molecule has 0 nitrogen and oxygen atoms in total. The first-order valence-corrected chi connectivity index (χ1v) is 7.83. The molecule has 2 atom stereocenters. The van der Waals surface area contributed by atoms with Crippen LogP contribution in [0.4, 0.5) is 0 Å². The minimum Gasteiger partial charge on any atom is -0.143 e. The van der Waals surface area contributed by atoms with E-state index < -0.39 is 0 Å². The number of hydrogen-bond donors (Lipinski definition) is 1. The van der Waals surface area contributed by atoms with Gasteiger partial charge in [0.15, 0.2) is 0 Å². The molecule has 0 bridgehead atoms. The molecule has 0 spiro atoms. The molecule has 0 saturated heterocycles. The second kappa shape index (κ2) is 4.96. The van der Waals surface area contributed by atoms with Crippen LogP contribution in [0.25, 0.3) is 0 Å². The SMILES string of the molecule is Cc1ccc2c(c1)C(C)CC2c1c(C)ccc(S)c1C. The molecule has 1 aliphatic rings. The summed E-state index contributed by atoms with van der Waals surface area (Å²) >= 11 is 4.62. The normalized spacial score (nSPS) is 21.1. The Morgan fingerprint density at radius 1 is 1.00 bits per heavy atom. The first-order valence-electron chi connectivity index (χ1n) is 7.38. The van der Waals surface area contributed by atoms with E-state index >= 15 is 0 Å². The Balaban J connectivity index is 2.18. The Labute approximate surface area is 127 Å². The summed E-state index contributed by atoms with van der Waals surface area (Å²) in [4.78, 5) is 1.11. The molecule has 20 heavy (non-hydrogen) atoms. The van der Waals surface area contributed by atoms with E-state index in [1.54, 1.807) is 5.56 Å². The van der Waals surface area contributed by atoms with Gasteiger partial charge in [0.05, 0.1) is 0 Å². The van der Waals surface area contributed by atoms with Gasteiger partial charge in [0, 0.05) is 10.8 Å². The predicted octanol–water partition coefficient (Wildman–Crippen LogP) is 5.54. The lowest BCUT2D eigenvalue weighted by atomic mass is 9.86. The fraction of sp³-hybridized carbons (Fsp3) is 0.368. The van der Waals surface area contributed by atoms with Crippen LogP contribution in [-0.4, -0.2) is 0 Å². The average Bonchev–Trinajstić information content (AvgIpc) is 2.72. The minimum absolute atomic E-state index is 0.535. The van der Waals surface area contributed by atoms with Crippen molar-refractivity contribution < 1.29 is 0 Å². The molecule has 0 fully saturated rings. The average molecular weight is 282 g/mol.